The molecule has 0 spiro atoms. The summed E-state index contributed by atoms with van der Waals surface area (Å²) in [5.41, 5.74) is -0.653. The number of hydrogen-bond donors (Lipinski definition) is 1. The molecule has 138 valence electrons. The summed E-state index contributed by atoms with van der Waals surface area (Å²) in [5.74, 6) is 1.33. The van der Waals surface area contributed by atoms with Crippen LogP contribution in [0.1, 0.15) is 65.2 Å². The first-order valence-electron chi connectivity index (χ1n) is 10.00. The molecule has 0 radical (unpaired) electrons. The molecule has 25 heavy (non-hydrogen) atoms. The fourth-order valence-corrected chi connectivity index (χ4v) is 7.67. The molecule has 4 aliphatic rings. The van der Waals surface area contributed by atoms with Crippen LogP contribution in [0, 0.1) is 40.4 Å². The van der Waals surface area contributed by atoms with Crippen molar-refractivity contribution in [2.24, 2.45) is 40.4 Å². The van der Waals surface area contributed by atoms with E-state index in [2.05, 4.69) is 6.92 Å². The van der Waals surface area contributed by atoms with E-state index in [1.165, 1.54) is 0 Å². The van der Waals surface area contributed by atoms with Gasteiger partial charge in [0.05, 0.1) is 6.10 Å². The van der Waals surface area contributed by atoms with Crippen molar-refractivity contribution in [3.05, 3.63) is 0 Å². The van der Waals surface area contributed by atoms with Gasteiger partial charge in [-0.2, -0.15) is 0 Å². The van der Waals surface area contributed by atoms with Crippen LogP contribution in [0.4, 0.5) is 0 Å². The number of fused-ring (bicyclic) bond motifs is 5. The van der Waals surface area contributed by atoms with Crippen LogP contribution in [-0.4, -0.2) is 29.1 Å². The predicted molar refractivity (Wildman–Crippen MR) is 92.7 cm³/mol. The zero-order valence-electron chi connectivity index (χ0n) is 15.4. The van der Waals surface area contributed by atoms with Crippen LogP contribution < -0.4 is 0 Å². The second-order valence-corrected chi connectivity index (χ2v) is 9.56. The summed E-state index contributed by atoms with van der Waals surface area (Å²) in [6, 6.07) is 0. The lowest BCUT2D eigenvalue weighted by molar-refractivity contribution is -0.177. The van der Waals surface area contributed by atoms with E-state index in [-0.39, 0.29) is 29.0 Å². The van der Waals surface area contributed by atoms with Gasteiger partial charge in [0.2, 0.25) is 0 Å². The maximum Gasteiger partial charge on any atom is 0.133 e. The van der Waals surface area contributed by atoms with Crippen LogP contribution in [0.3, 0.4) is 0 Å². The fraction of sp³-hybridized carbons (Fsp3) is 0.857. The molecule has 4 fully saturated rings. The van der Waals surface area contributed by atoms with Gasteiger partial charge in [-0.15, -0.1) is 0 Å². The van der Waals surface area contributed by atoms with E-state index in [1.54, 1.807) is 6.92 Å². The zero-order chi connectivity index (χ0) is 18.0. The van der Waals surface area contributed by atoms with Crippen molar-refractivity contribution >= 4 is 17.9 Å². The Labute approximate surface area is 149 Å². The summed E-state index contributed by atoms with van der Waals surface area (Å²) in [4.78, 5) is 36.3. The van der Waals surface area contributed by atoms with Gasteiger partial charge in [-0.05, 0) is 74.5 Å². The average molecular weight is 346 g/mol. The number of rotatable bonds is 2. The molecule has 4 nitrogen and oxygen atoms in total. The minimum Gasteiger partial charge on any atom is -0.393 e. The van der Waals surface area contributed by atoms with E-state index >= 15 is 0 Å². The third kappa shape index (κ3) is 2.25. The van der Waals surface area contributed by atoms with Crippen LogP contribution in [0.5, 0.6) is 0 Å². The molecule has 4 heteroatoms. The van der Waals surface area contributed by atoms with Gasteiger partial charge in [0.25, 0.3) is 0 Å². The van der Waals surface area contributed by atoms with Gasteiger partial charge in [0.1, 0.15) is 17.9 Å². The number of hydrogen-bond acceptors (Lipinski definition) is 4. The third-order valence-corrected chi connectivity index (χ3v) is 8.73. The number of ketones is 2. The zero-order valence-corrected chi connectivity index (χ0v) is 15.4. The summed E-state index contributed by atoms with van der Waals surface area (Å²) in [5, 5.41) is 11.2. The van der Waals surface area contributed by atoms with Gasteiger partial charge in [-0.3, -0.25) is 9.59 Å². The van der Waals surface area contributed by atoms with Crippen molar-refractivity contribution in [2.75, 3.05) is 0 Å². The van der Waals surface area contributed by atoms with Gasteiger partial charge in [-0.1, -0.05) is 6.92 Å². The summed E-state index contributed by atoms with van der Waals surface area (Å²) < 4.78 is 0. The number of aliphatic hydroxyl groups is 1. The van der Waals surface area contributed by atoms with Crippen molar-refractivity contribution < 1.29 is 19.5 Å². The molecule has 8 atom stereocenters. The molecule has 0 aromatic rings. The van der Waals surface area contributed by atoms with Crippen molar-refractivity contribution in [3.8, 4) is 0 Å². The van der Waals surface area contributed by atoms with E-state index in [0.717, 1.165) is 38.4 Å². The summed E-state index contributed by atoms with van der Waals surface area (Å²) in [6.45, 7) is 3.87. The molecule has 0 amide bonds. The van der Waals surface area contributed by atoms with Crippen molar-refractivity contribution in [1.82, 2.24) is 0 Å². The first kappa shape index (κ1) is 17.4. The Morgan fingerprint density at radius 3 is 2.68 bits per heavy atom. The van der Waals surface area contributed by atoms with Crippen LogP contribution in [0.15, 0.2) is 0 Å². The average Bonchev–Trinajstić information content (AvgIpc) is 2.95. The summed E-state index contributed by atoms with van der Waals surface area (Å²) in [6.07, 6.45) is 6.79. The number of carbonyl (C=O) groups is 3. The van der Waals surface area contributed by atoms with Crippen molar-refractivity contribution in [2.45, 2.75) is 71.3 Å². The second kappa shape index (κ2) is 5.73. The Hall–Kier alpha value is -1.03. The maximum absolute atomic E-state index is 12.2. The number of aliphatic hydroxyl groups excluding tert-OH is 1. The van der Waals surface area contributed by atoms with Crippen LogP contribution in [0.2, 0.25) is 0 Å². The molecule has 0 aromatic carbocycles. The van der Waals surface area contributed by atoms with Crippen LogP contribution in [-0.2, 0) is 14.4 Å². The molecule has 4 aliphatic carbocycles. The highest BCUT2D eigenvalue weighted by Gasteiger charge is 2.65. The lowest BCUT2D eigenvalue weighted by atomic mass is 9.44. The fourth-order valence-electron chi connectivity index (χ4n) is 7.67. The molecular formula is C21H30O4. The lowest BCUT2D eigenvalue weighted by Crippen LogP contribution is -2.60. The highest BCUT2D eigenvalue weighted by atomic mass is 16.3. The molecule has 1 N–H and O–H groups in total. The molecule has 0 unspecified atom stereocenters. The first-order valence-corrected chi connectivity index (χ1v) is 10.00. The van der Waals surface area contributed by atoms with Gasteiger partial charge < -0.3 is 9.90 Å². The largest absolute Gasteiger partial charge is 0.393 e. The van der Waals surface area contributed by atoms with E-state index < -0.39 is 11.5 Å². The smallest absolute Gasteiger partial charge is 0.133 e. The van der Waals surface area contributed by atoms with E-state index in [4.69, 9.17) is 0 Å². The monoisotopic (exact) mass is 346 g/mol. The minimum absolute atomic E-state index is 0.000399. The third-order valence-electron chi connectivity index (χ3n) is 8.73. The Bertz CT molecular complexity index is 613. The predicted octanol–water partition coefficient (Wildman–Crippen LogP) is 2.95. The Balaban J connectivity index is 1.71. The van der Waals surface area contributed by atoms with Gasteiger partial charge in [0, 0.05) is 24.2 Å². The maximum atomic E-state index is 12.2. The molecule has 0 heterocycles. The SMILES string of the molecule is CC(=O)[C@H]1CC[C@H]2[C@@H]3CC[C@@H]4CC(=O)CC[C@]4(C)[C@H]3[C@@H](O)C[C@]12C=O. The molecule has 0 aromatic heterocycles. The first-order chi connectivity index (χ1) is 11.8. The normalized spacial score (nSPS) is 52.0. The van der Waals surface area contributed by atoms with Gasteiger partial charge in [-0.25, -0.2) is 0 Å². The van der Waals surface area contributed by atoms with E-state index in [1.807, 2.05) is 0 Å². The molecule has 0 saturated heterocycles. The highest BCUT2D eigenvalue weighted by molar-refractivity contribution is 5.84. The number of aldehydes is 1. The van der Waals surface area contributed by atoms with Gasteiger partial charge >= 0.3 is 0 Å². The van der Waals surface area contributed by atoms with Crippen molar-refractivity contribution in [1.29, 1.82) is 0 Å². The molecule has 0 bridgehead atoms. The standard InChI is InChI=1S/C21H30O4/c1-12(23)16-5-6-17-15-4-3-13-9-14(24)7-8-20(13,2)19(15)18(25)10-21(16,17)11-22/h11,13,15-19,25H,3-10H2,1-2H3/t13-,15+,16-,17+,18+,19-,20+,21+/m1/s1. The van der Waals surface area contributed by atoms with Crippen LogP contribution >= 0.6 is 0 Å². The summed E-state index contributed by atoms with van der Waals surface area (Å²) in [7, 11) is 0. The Morgan fingerprint density at radius 2 is 2.00 bits per heavy atom. The minimum atomic E-state index is -0.653. The van der Waals surface area contributed by atoms with Crippen LogP contribution in [0.25, 0.3) is 0 Å². The quantitative estimate of drug-likeness (QED) is 0.780. The topological polar surface area (TPSA) is 71.4 Å². The molecule has 0 aliphatic heterocycles. The summed E-state index contributed by atoms with van der Waals surface area (Å²) >= 11 is 0. The molecule has 4 rings (SSSR count). The molecule has 4 saturated carbocycles. The lowest BCUT2D eigenvalue weighted by Gasteiger charge is -2.61. The van der Waals surface area contributed by atoms with E-state index in [9.17, 15) is 19.5 Å². The number of carbonyl (C=O) groups excluding carboxylic acids is 3. The Kier molecular flexibility index (Phi) is 3.99. The van der Waals surface area contributed by atoms with Crippen molar-refractivity contribution in [3.63, 3.8) is 0 Å². The molecular weight excluding hydrogens is 316 g/mol. The van der Waals surface area contributed by atoms with E-state index in [0.29, 0.717) is 36.9 Å². The Morgan fingerprint density at radius 1 is 1.24 bits per heavy atom. The highest BCUT2D eigenvalue weighted by Crippen LogP contribution is 2.66. The second-order valence-electron chi connectivity index (χ2n) is 9.56. The van der Waals surface area contributed by atoms with Gasteiger partial charge in [0.15, 0.2) is 0 Å². The number of Topliss-reactive ketones (excluding diaryl/α,β-unsaturated/α-hetero) is 2.